The van der Waals surface area contributed by atoms with Crippen LogP contribution in [0.4, 0.5) is 0 Å². The van der Waals surface area contributed by atoms with Gasteiger partial charge in [-0.15, -0.1) is 0 Å². The van der Waals surface area contributed by atoms with Crippen molar-refractivity contribution >= 4 is 12.6 Å². The quantitative estimate of drug-likeness (QED) is 0.480. The van der Waals surface area contributed by atoms with E-state index in [1.54, 1.807) is 0 Å². The smallest absolute Gasteiger partial charge is 0.0886 e. The highest BCUT2D eigenvalue weighted by Crippen LogP contribution is 1.98. The van der Waals surface area contributed by atoms with E-state index < -0.39 is 12.2 Å². The Bertz CT molecular complexity index is 50.4. The van der Waals surface area contributed by atoms with Crippen LogP contribution in [0.1, 0.15) is 13.3 Å². The predicted molar refractivity (Wildman–Crippen MR) is 36.2 cm³/mol. The molecular weight excluding hydrogens is 124 g/mol. The molecule has 0 amide bonds. The second kappa shape index (κ2) is 4.18. The summed E-state index contributed by atoms with van der Waals surface area (Å²) in [6, 6.07) is 0. The monoisotopic (exact) mass is 136 g/mol. The molecule has 0 saturated carbocycles. The molecule has 0 unspecified atom stereocenters. The largest absolute Gasteiger partial charge is 0.390 e. The highest BCUT2D eigenvalue weighted by molar-refractivity contribution is 7.80. The molecule has 0 spiro atoms. The van der Waals surface area contributed by atoms with Crippen LogP contribution in [-0.2, 0) is 0 Å². The van der Waals surface area contributed by atoms with Crippen LogP contribution in [0.15, 0.2) is 0 Å². The number of aliphatic hydroxyl groups is 2. The standard InChI is InChI=1S/C5H12O2S/c1-2-4(6)5(7)3-8/h4-8H,2-3H2,1H3/t4-,5-/m1/s1. The number of hydrogen-bond donors (Lipinski definition) is 3. The molecule has 2 nitrogen and oxygen atoms in total. The first-order chi connectivity index (χ1) is 3.72. The lowest BCUT2D eigenvalue weighted by atomic mass is 10.2. The Hall–Kier alpha value is 0.270. The zero-order chi connectivity index (χ0) is 6.57. The lowest BCUT2D eigenvalue weighted by Crippen LogP contribution is -2.26. The van der Waals surface area contributed by atoms with Crippen molar-refractivity contribution in [3.63, 3.8) is 0 Å². The summed E-state index contributed by atoms with van der Waals surface area (Å²) in [4.78, 5) is 0. The summed E-state index contributed by atoms with van der Waals surface area (Å²) >= 11 is 3.80. The first kappa shape index (κ1) is 8.27. The van der Waals surface area contributed by atoms with Gasteiger partial charge in [-0.1, -0.05) is 6.92 Å². The van der Waals surface area contributed by atoms with Gasteiger partial charge in [0.15, 0.2) is 0 Å². The molecule has 0 aromatic carbocycles. The average Bonchev–Trinajstić information content (AvgIpc) is 1.84. The van der Waals surface area contributed by atoms with Crippen LogP contribution < -0.4 is 0 Å². The van der Waals surface area contributed by atoms with Gasteiger partial charge in [-0.25, -0.2) is 0 Å². The first-order valence-corrected chi connectivity index (χ1v) is 3.32. The Kier molecular flexibility index (Phi) is 4.32. The fourth-order valence-corrected chi connectivity index (χ4v) is 0.637. The molecule has 0 bridgehead atoms. The molecule has 0 aliphatic heterocycles. The van der Waals surface area contributed by atoms with Crippen molar-refractivity contribution in [3.8, 4) is 0 Å². The third-order valence-electron chi connectivity index (χ3n) is 1.05. The van der Waals surface area contributed by atoms with Crippen molar-refractivity contribution in [1.82, 2.24) is 0 Å². The van der Waals surface area contributed by atoms with Gasteiger partial charge >= 0.3 is 0 Å². The highest BCUT2D eigenvalue weighted by Gasteiger charge is 2.10. The van der Waals surface area contributed by atoms with E-state index in [-0.39, 0.29) is 0 Å². The first-order valence-electron chi connectivity index (χ1n) is 2.69. The van der Waals surface area contributed by atoms with Crippen molar-refractivity contribution in [2.24, 2.45) is 0 Å². The molecule has 2 N–H and O–H groups in total. The van der Waals surface area contributed by atoms with Crippen LogP contribution in [0.2, 0.25) is 0 Å². The van der Waals surface area contributed by atoms with Crippen molar-refractivity contribution in [2.45, 2.75) is 25.6 Å². The number of thiol groups is 1. The second-order valence-electron chi connectivity index (χ2n) is 1.73. The van der Waals surface area contributed by atoms with Gasteiger partial charge in [0.05, 0.1) is 12.2 Å². The molecule has 2 atom stereocenters. The van der Waals surface area contributed by atoms with Gasteiger partial charge in [-0.05, 0) is 6.42 Å². The maximum Gasteiger partial charge on any atom is 0.0886 e. The lowest BCUT2D eigenvalue weighted by Gasteiger charge is -2.11. The molecule has 0 aromatic rings. The Balaban J connectivity index is 3.29. The van der Waals surface area contributed by atoms with Gasteiger partial charge in [-0.2, -0.15) is 12.6 Å². The predicted octanol–water partition coefficient (Wildman–Crippen LogP) is 0.0480. The summed E-state index contributed by atoms with van der Waals surface area (Å²) in [6.45, 7) is 1.82. The fraction of sp³-hybridized carbons (Fsp3) is 1.00. The second-order valence-corrected chi connectivity index (χ2v) is 2.09. The maximum absolute atomic E-state index is 8.83. The topological polar surface area (TPSA) is 40.5 Å². The van der Waals surface area contributed by atoms with E-state index in [1.165, 1.54) is 0 Å². The minimum absolute atomic E-state index is 0.328. The zero-order valence-corrected chi connectivity index (χ0v) is 5.80. The van der Waals surface area contributed by atoms with Crippen molar-refractivity contribution in [2.75, 3.05) is 5.75 Å². The molecule has 0 aromatic heterocycles. The van der Waals surface area contributed by atoms with Crippen LogP contribution in [0.3, 0.4) is 0 Å². The lowest BCUT2D eigenvalue weighted by molar-refractivity contribution is 0.0325. The molecule has 3 heteroatoms. The molecule has 0 heterocycles. The molecule has 8 heavy (non-hydrogen) atoms. The molecule has 0 aliphatic rings. The number of rotatable bonds is 3. The van der Waals surface area contributed by atoms with Crippen molar-refractivity contribution in [3.05, 3.63) is 0 Å². The van der Waals surface area contributed by atoms with Crippen LogP contribution >= 0.6 is 12.6 Å². The maximum atomic E-state index is 8.83. The molecule has 0 radical (unpaired) electrons. The van der Waals surface area contributed by atoms with Gasteiger partial charge in [0.1, 0.15) is 0 Å². The zero-order valence-electron chi connectivity index (χ0n) is 4.91. The van der Waals surface area contributed by atoms with E-state index in [0.29, 0.717) is 12.2 Å². The van der Waals surface area contributed by atoms with Crippen LogP contribution in [-0.4, -0.2) is 28.2 Å². The Morgan fingerprint density at radius 3 is 2.00 bits per heavy atom. The average molecular weight is 136 g/mol. The minimum atomic E-state index is -0.664. The summed E-state index contributed by atoms with van der Waals surface area (Å²) in [5.74, 6) is 0.328. The van der Waals surface area contributed by atoms with Gasteiger partial charge < -0.3 is 10.2 Å². The SMILES string of the molecule is CC[C@@H](O)[C@H](O)CS. The summed E-state index contributed by atoms with van der Waals surface area (Å²) in [5, 5.41) is 17.6. The Morgan fingerprint density at radius 2 is 1.88 bits per heavy atom. The summed E-state index contributed by atoms with van der Waals surface area (Å²) < 4.78 is 0. The third kappa shape index (κ3) is 2.55. The molecule has 0 aliphatic carbocycles. The van der Waals surface area contributed by atoms with E-state index in [9.17, 15) is 0 Å². The molecule has 0 rings (SSSR count). The van der Waals surface area contributed by atoms with Crippen LogP contribution in [0.25, 0.3) is 0 Å². The minimum Gasteiger partial charge on any atom is -0.390 e. The summed E-state index contributed by atoms with van der Waals surface area (Å²) in [5.41, 5.74) is 0. The normalized spacial score (nSPS) is 18.0. The van der Waals surface area contributed by atoms with E-state index in [4.69, 9.17) is 10.2 Å². The summed E-state index contributed by atoms with van der Waals surface area (Å²) in [7, 11) is 0. The van der Waals surface area contributed by atoms with Gasteiger partial charge in [0, 0.05) is 5.75 Å². The van der Waals surface area contributed by atoms with Gasteiger partial charge in [-0.3, -0.25) is 0 Å². The van der Waals surface area contributed by atoms with E-state index >= 15 is 0 Å². The van der Waals surface area contributed by atoms with E-state index in [1.807, 2.05) is 6.92 Å². The molecule has 0 fully saturated rings. The van der Waals surface area contributed by atoms with E-state index in [0.717, 1.165) is 0 Å². The van der Waals surface area contributed by atoms with Crippen molar-refractivity contribution in [1.29, 1.82) is 0 Å². The Morgan fingerprint density at radius 1 is 1.38 bits per heavy atom. The number of aliphatic hydroxyl groups excluding tert-OH is 2. The van der Waals surface area contributed by atoms with Crippen LogP contribution in [0, 0.1) is 0 Å². The third-order valence-corrected chi connectivity index (χ3v) is 1.42. The van der Waals surface area contributed by atoms with Crippen molar-refractivity contribution < 1.29 is 10.2 Å². The van der Waals surface area contributed by atoms with Gasteiger partial charge in [0.2, 0.25) is 0 Å². The number of hydrogen-bond acceptors (Lipinski definition) is 3. The van der Waals surface area contributed by atoms with Gasteiger partial charge in [0.25, 0.3) is 0 Å². The fourth-order valence-electron chi connectivity index (χ4n) is 0.394. The molecule has 0 saturated heterocycles. The molecular formula is C5H12O2S. The molecule has 50 valence electrons. The highest BCUT2D eigenvalue weighted by atomic mass is 32.1. The van der Waals surface area contributed by atoms with E-state index in [2.05, 4.69) is 12.6 Å². The van der Waals surface area contributed by atoms with Crippen LogP contribution in [0.5, 0.6) is 0 Å². The summed E-state index contributed by atoms with van der Waals surface area (Å²) in [6.07, 6.45) is -0.683. The Labute approximate surface area is 54.9 Å².